The van der Waals surface area contributed by atoms with E-state index in [1.165, 1.54) is 0 Å². The summed E-state index contributed by atoms with van der Waals surface area (Å²) < 4.78 is 5.32. The van der Waals surface area contributed by atoms with E-state index in [2.05, 4.69) is 4.90 Å². The lowest BCUT2D eigenvalue weighted by Gasteiger charge is -2.33. The van der Waals surface area contributed by atoms with Crippen molar-refractivity contribution < 1.29 is 14.9 Å². The van der Waals surface area contributed by atoms with E-state index in [1.54, 1.807) is 14.0 Å². The molecule has 1 aromatic rings. The van der Waals surface area contributed by atoms with Gasteiger partial charge in [0.1, 0.15) is 5.75 Å². The molecule has 0 radical (unpaired) electrons. The molecule has 1 aliphatic rings. The van der Waals surface area contributed by atoms with Crippen molar-refractivity contribution in [3.05, 3.63) is 23.8 Å². The Morgan fingerprint density at radius 3 is 2.56 bits per heavy atom. The minimum atomic E-state index is -0.567. The molecule has 18 heavy (non-hydrogen) atoms. The number of anilines is 1. The molecular formula is C14H21NO3. The van der Waals surface area contributed by atoms with Crippen molar-refractivity contribution in [2.75, 3.05) is 25.1 Å². The first kappa shape index (κ1) is 13.2. The lowest BCUT2D eigenvalue weighted by Crippen LogP contribution is -2.36. The Morgan fingerprint density at radius 2 is 2.00 bits per heavy atom. The first-order chi connectivity index (χ1) is 8.63. The van der Waals surface area contributed by atoms with Crippen LogP contribution in [0.15, 0.2) is 18.2 Å². The summed E-state index contributed by atoms with van der Waals surface area (Å²) in [7, 11) is 1.62. The van der Waals surface area contributed by atoms with Crippen molar-refractivity contribution in [2.45, 2.75) is 32.0 Å². The molecule has 0 aromatic heterocycles. The molecule has 1 fully saturated rings. The van der Waals surface area contributed by atoms with E-state index in [4.69, 9.17) is 4.74 Å². The summed E-state index contributed by atoms with van der Waals surface area (Å²) in [6.07, 6.45) is 0.789. The molecule has 1 unspecified atom stereocenters. The van der Waals surface area contributed by atoms with Crippen molar-refractivity contribution in [3.8, 4) is 5.75 Å². The number of methoxy groups -OCH3 is 1. The van der Waals surface area contributed by atoms with E-state index in [0.717, 1.165) is 37.2 Å². The van der Waals surface area contributed by atoms with Crippen molar-refractivity contribution in [3.63, 3.8) is 0 Å². The van der Waals surface area contributed by atoms with Crippen LogP contribution in [0.2, 0.25) is 0 Å². The second-order valence-corrected chi connectivity index (χ2v) is 4.79. The quantitative estimate of drug-likeness (QED) is 0.858. The van der Waals surface area contributed by atoms with Gasteiger partial charge in [-0.2, -0.15) is 0 Å². The van der Waals surface area contributed by atoms with E-state index in [9.17, 15) is 10.2 Å². The van der Waals surface area contributed by atoms with E-state index in [0.29, 0.717) is 5.75 Å². The van der Waals surface area contributed by atoms with Crippen LogP contribution in [-0.4, -0.2) is 36.5 Å². The standard InChI is InChI=1S/C14H21NO3/c1-10(16)14-12(4-3-5-13(14)18-2)15-8-6-11(17)7-9-15/h3-5,10-11,16-17H,6-9H2,1-2H3. The first-order valence-corrected chi connectivity index (χ1v) is 6.41. The van der Waals surface area contributed by atoms with Gasteiger partial charge in [-0.3, -0.25) is 0 Å². The summed E-state index contributed by atoms with van der Waals surface area (Å²) in [6, 6.07) is 5.80. The average Bonchev–Trinajstić information content (AvgIpc) is 2.38. The number of ether oxygens (including phenoxy) is 1. The lowest BCUT2D eigenvalue weighted by atomic mass is 10.0. The maximum Gasteiger partial charge on any atom is 0.126 e. The number of aliphatic hydroxyl groups excluding tert-OH is 2. The molecule has 1 atom stereocenters. The van der Waals surface area contributed by atoms with Gasteiger partial charge in [0.25, 0.3) is 0 Å². The fraction of sp³-hybridized carbons (Fsp3) is 0.571. The van der Waals surface area contributed by atoms with E-state index in [1.807, 2.05) is 18.2 Å². The smallest absolute Gasteiger partial charge is 0.126 e. The third kappa shape index (κ3) is 2.60. The molecule has 100 valence electrons. The Morgan fingerprint density at radius 1 is 1.33 bits per heavy atom. The van der Waals surface area contributed by atoms with Crippen molar-refractivity contribution in [2.24, 2.45) is 0 Å². The van der Waals surface area contributed by atoms with Crippen LogP contribution in [0.25, 0.3) is 0 Å². The molecule has 2 N–H and O–H groups in total. The van der Waals surface area contributed by atoms with Crippen LogP contribution < -0.4 is 9.64 Å². The van der Waals surface area contributed by atoms with Gasteiger partial charge in [-0.15, -0.1) is 0 Å². The van der Waals surface area contributed by atoms with Gasteiger partial charge >= 0.3 is 0 Å². The number of rotatable bonds is 3. The fourth-order valence-corrected chi connectivity index (χ4v) is 2.51. The predicted octanol–water partition coefficient (Wildman–Crippen LogP) is 1.71. The maximum absolute atomic E-state index is 9.94. The number of nitrogens with zero attached hydrogens (tertiary/aromatic N) is 1. The fourth-order valence-electron chi connectivity index (χ4n) is 2.51. The highest BCUT2D eigenvalue weighted by atomic mass is 16.5. The molecule has 4 nitrogen and oxygen atoms in total. The van der Waals surface area contributed by atoms with Crippen LogP contribution in [-0.2, 0) is 0 Å². The third-order valence-corrected chi connectivity index (χ3v) is 3.49. The van der Waals surface area contributed by atoms with Gasteiger partial charge in [-0.05, 0) is 31.9 Å². The largest absolute Gasteiger partial charge is 0.496 e. The Hall–Kier alpha value is -1.26. The molecule has 0 spiro atoms. The van der Waals surface area contributed by atoms with Gasteiger partial charge in [0, 0.05) is 24.3 Å². The van der Waals surface area contributed by atoms with Gasteiger partial charge in [0.15, 0.2) is 0 Å². The topological polar surface area (TPSA) is 52.9 Å². The number of hydrogen-bond donors (Lipinski definition) is 2. The Labute approximate surface area is 108 Å². The molecule has 1 aliphatic heterocycles. The number of hydrogen-bond acceptors (Lipinski definition) is 4. The number of piperidine rings is 1. The van der Waals surface area contributed by atoms with E-state index < -0.39 is 6.10 Å². The predicted molar refractivity (Wildman–Crippen MR) is 71.1 cm³/mol. The van der Waals surface area contributed by atoms with Crippen molar-refractivity contribution in [1.29, 1.82) is 0 Å². The molecule has 1 saturated heterocycles. The second kappa shape index (κ2) is 5.59. The molecule has 4 heteroatoms. The summed E-state index contributed by atoms with van der Waals surface area (Å²) in [5.41, 5.74) is 1.84. The number of benzene rings is 1. The Bertz CT molecular complexity index is 398. The van der Waals surface area contributed by atoms with Gasteiger partial charge in [-0.1, -0.05) is 6.07 Å². The summed E-state index contributed by atoms with van der Waals surface area (Å²) >= 11 is 0. The highest BCUT2D eigenvalue weighted by Crippen LogP contribution is 2.35. The third-order valence-electron chi connectivity index (χ3n) is 3.49. The minimum absolute atomic E-state index is 0.193. The average molecular weight is 251 g/mol. The first-order valence-electron chi connectivity index (χ1n) is 6.41. The highest BCUT2D eigenvalue weighted by molar-refractivity contribution is 5.60. The zero-order valence-corrected chi connectivity index (χ0v) is 11.0. The molecule has 1 aromatic carbocycles. The van der Waals surface area contributed by atoms with Gasteiger partial charge in [0.05, 0.1) is 19.3 Å². The molecule has 0 amide bonds. The summed E-state index contributed by atoms with van der Waals surface area (Å²) in [4.78, 5) is 2.21. The molecule has 0 aliphatic carbocycles. The molecule has 0 saturated carbocycles. The second-order valence-electron chi connectivity index (χ2n) is 4.79. The van der Waals surface area contributed by atoms with Gasteiger partial charge in [-0.25, -0.2) is 0 Å². The Kier molecular flexibility index (Phi) is 4.09. The summed E-state index contributed by atoms with van der Waals surface area (Å²) in [5, 5.41) is 19.5. The van der Waals surface area contributed by atoms with Crippen LogP contribution >= 0.6 is 0 Å². The zero-order valence-electron chi connectivity index (χ0n) is 11.0. The van der Waals surface area contributed by atoms with Gasteiger partial charge in [0.2, 0.25) is 0 Å². The van der Waals surface area contributed by atoms with Crippen LogP contribution in [0, 0.1) is 0 Å². The zero-order chi connectivity index (χ0) is 13.1. The molecule has 1 heterocycles. The molecule has 0 bridgehead atoms. The van der Waals surface area contributed by atoms with Crippen molar-refractivity contribution in [1.82, 2.24) is 0 Å². The SMILES string of the molecule is COc1cccc(N2CCC(O)CC2)c1C(C)O. The van der Waals surface area contributed by atoms with E-state index >= 15 is 0 Å². The normalized spacial score (nSPS) is 18.8. The van der Waals surface area contributed by atoms with Crippen molar-refractivity contribution >= 4 is 5.69 Å². The van der Waals surface area contributed by atoms with Crippen LogP contribution in [0.5, 0.6) is 5.75 Å². The van der Waals surface area contributed by atoms with Gasteiger partial charge < -0.3 is 19.8 Å². The van der Waals surface area contributed by atoms with Crippen LogP contribution in [0.4, 0.5) is 5.69 Å². The summed E-state index contributed by atoms with van der Waals surface area (Å²) in [6.45, 7) is 3.38. The molecule has 2 rings (SSSR count). The minimum Gasteiger partial charge on any atom is -0.496 e. The van der Waals surface area contributed by atoms with Crippen LogP contribution in [0.3, 0.4) is 0 Å². The monoisotopic (exact) mass is 251 g/mol. The lowest BCUT2D eigenvalue weighted by molar-refractivity contribution is 0.145. The molecular weight excluding hydrogens is 230 g/mol. The highest BCUT2D eigenvalue weighted by Gasteiger charge is 2.22. The Balaban J connectivity index is 2.32. The van der Waals surface area contributed by atoms with E-state index in [-0.39, 0.29) is 6.10 Å². The maximum atomic E-state index is 9.94. The van der Waals surface area contributed by atoms with Crippen LogP contribution in [0.1, 0.15) is 31.4 Å². The number of aliphatic hydroxyl groups is 2. The summed E-state index contributed by atoms with van der Waals surface area (Å²) in [5.74, 6) is 0.716.